The lowest BCUT2D eigenvalue weighted by Crippen LogP contribution is -2.12. The zero-order chi connectivity index (χ0) is 24.2. The largest absolute Gasteiger partial charge is 0.0995 e. The summed E-state index contributed by atoms with van der Waals surface area (Å²) in [6, 6.07) is 22.9. The average molecular weight is 441 g/mol. The van der Waals surface area contributed by atoms with Crippen LogP contribution in [0, 0.1) is 5.41 Å². The lowest BCUT2D eigenvalue weighted by atomic mass is 9.81. The molecule has 0 bridgehead atoms. The second kappa shape index (κ2) is 10.3. The summed E-state index contributed by atoms with van der Waals surface area (Å²) >= 11 is 0. The summed E-state index contributed by atoms with van der Waals surface area (Å²) in [5.74, 6) is 0.543. The lowest BCUT2D eigenvalue weighted by Gasteiger charge is -2.23. The van der Waals surface area contributed by atoms with Crippen LogP contribution in [0.25, 0.3) is 10.8 Å². The van der Waals surface area contributed by atoms with Crippen molar-refractivity contribution in [1.82, 2.24) is 0 Å². The van der Waals surface area contributed by atoms with E-state index in [1.165, 1.54) is 51.4 Å². The van der Waals surface area contributed by atoms with E-state index < -0.39 is 0 Å². The minimum absolute atomic E-state index is 0.162. The molecule has 0 fully saturated rings. The van der Waals surface area contributed by atoms with Gasteiger partial charge in [-0.3, -0.25) is 0 Å². The van der Waals surface area contributed by atoms with Crippen molar-refractivity contribution < 1.29 is 0 Å². The Morgan fingerprint density at radius 1 is 0.848 bits per heavy atom. The SMILES string of the molecule is C=C(CCCC(C)c1cc(C(C)(C)C)cc2ccccc12)Cc1ccc(CC(C)(C)C)cc1. The molecule has 0 nitrogen and oxygen atoms in total. The maximum absolute atomic E-state index is 4.40. The number of hydrogen-bond donors (Lipinski definition) is 0. The van der Waals surface area contributed by atoms with Gasteiger partial charge in [-0.25, -0.2) is 0 Å². The van der Waals surface area contributed by atoms with Gasteiger partial charge >= 0.3 is 0 Å². The molecule has 0 aliphatic heterocycles. The van der Waals surface area contributed by atoms with Gasteiger partial charge in [0.15, 0.2) is 0 Å². The lowest BCUT2D eigenvalue weighted by molar-refractivity contribution is 0.411. The van der Waals surface area contributed by atoms with Gasteiger partial charge in [-0.1, -0.05) is 121 Å². The summed E-state index contributed by atoms with van der Waals surface area (Å²) in [6.45, 7) is 20.6. The van der Waals surface area contributed by atoms with E-state index >= 15 is 0 Å². The highest BCUT2D eigenvalue weighted by Gasteiger charge is 2.18. The second-order valence-corrected chi connectivity index (χ2v) is 12.3. The van der Waals surface area contributed by atoms with E-state index in [0.29, 0.717) is 11.3 Å². The Kier molecular flexibility index (Phi) is 7.88. The highest BCUT2D eigenvalue weighted by Crippen LogP contribution is 2.34. The van der Waals surface area contributed by atoms with Crippen LogP contribution in [0.5, 0.6) is 0 Å². The van der Waals surface area contributed by atoms with Crippen LogP contribution in [0.4, 0.5) is 0 Å². The molecule has 1 atom stereocenters. The molecule has 176 valence electrons. The molecular weight excluding hydrogens is 396 g/mol. The molecule has 0 heterocycles. The molecule has 0 saturated carbocycles. The topological polar surface area (TPSA) is 0 Å². The highest BCUT2D eigenvalue weighted by atomic mass is 14.2. The molecule has 0 aromatic heterocycles. The van der Waals surface area contributed by atoms with Gasteiger partial charge in [-0.2, -0.15) is 0 Å². The van der Waals surface area contributed by atoms with Crippen LogP contribution in [-0.4, -0.2) is 0 Å². The zero-order valence-corrected chi connectivity index (χ0v) is 22.1. The fourth-order valence-corrected chi connectivity index (χ4v) is 4.76. The van der Waals surface area contributed by atoms with Crippen molar-refractivity contribution in [1.29, 1.82) is 0 Å². The quantitative estimate of drug-likeness (QED) is 0.306. The monoisotopic (exact) mass is 440 g/mol. The number of benzene rings is 3. The van der Waals surface area contributed by atoms with Crippen molar-refractivity contribution in [2.75, 3.05) is 0 Å². The number of rotatable bonds is 8. The molecule has 0 spiro atoms. The Morgan fingerprint density at radius 3 is 2.12 bits per heavy atom. The summed E-state index contributed by atoms with van der Waals surface area (Å²) in [4.78, 5) is 0. The fraction of sp³-hybridized carbons (Fsp3) is 0.455. The van der Waals surface area contributed by atoms with Crippen molar-refractivity contribution in [2.45, 2.75) is 91.9 Å². The van der Waals surface area contributed by atoms with Crippen LogP contribution < -0.4 is 0 Å². The van der Waals surface area contributed by atoms with Gasteiger partial charge in [0.1, 0.15) is 0 Å². The molecule has 3 aromatic rings. The Labute approximate surface area is 203 Å². The molecule has 33 heavy (non-hydrogen) atoms. The maximum Gasteiger partial charge on any atom is -0.00698 e. The number of hydrogen-bond acceptors (Lipinski definition) is 0. The highest BCUT2D eigenvalue weighted by molar-refractivity contribution is 5.87. The molecule has 0 amide bonds. The normalized spacial score (nSPS) is 13.3. The van der Waals surface area contributed by atoms with Gasteiger partial charge < -0.3 is 0 Å². The first-order valence-corrected chi connectivity index (χ1v) is 12.7. The van der Waals surface area contributed by atoms with Gasteiger partial charge in [0, 0.05) is 0 Å². The Hall–Kier alpha value is -2.34. The predicted molar refractivity (Wildman–Crippen MR) is 147 cm³/mol. The molecule has 0 N–H and O–H groups in total. The van der Waals surface area contributed by atoms with Gasteiger partial charge in [0.05, 0.1) is 0 Å². The Morgan fingerprint density at radius 2 is 1.48 bits per heavy atom. The van der Waals surface area contributed by atoms with E-state index in [0.717, 1.165) is 19.3 Å². The summed E-state index contributed by atoms with van der Waals surface area (Å²) in [5.41, 5.74) is 7.58. The fourth-order valence-electron chi connectivity index (χ4n) is 4.76. The van der Waals surface area contributed by atoms with Gasteiger partial charge in [0.2, 0.25) is 0 Å². The van der Waals surface area contributed by atoms with E-state index in [-0.39, 0.29) is 5.41 Å². The van der Waals surface area contributed by atoms with E-state index in [9.17, 15) is 0 Å². The minimum atomic E-state index is 0.162. The first-order chi connectivity index (χ1) is 15.4. The Bertz CT molecular complexity index is 1070. The summed E-state index contributed by atoms with van der Waals surface area (Å²) < 4.78 is 0. The third-order valence-electron chi connectivity index (χ3n) is 6.67. The predicted octanol–water partition coefficient (Wildman–Crippen LogP) is 9.80. The summed E-state index contributed by atoms with van der Waals surface area (Å²) in [6.07, 6.45) is 5.60. The first-order valence-electron chi connectivity index (χ1n) is 12.7. The van der Waals surface area contributed by atoms with Gasteiger partial charge in [-0.05, 0) is 81.9 Å². The zero-order valence-electron chi connectivity index (χ0n) is 22.1. The van der Waals surface area contributed by atoms with Crippen molar-refractivity contribution in [3.05, 3.63) is 95.1 Å². The average Bonchev–Trinajstić information content (AvgIpc) is 2.72. The van der Waals surface area contributed by atoms with E-state index in [4.69, 9.17) is 0 Å². The van der Waals surface area contributed by atoms with Gasteiger partial charge in [-0.15, -0.1) is 0 Å². The molecule has 0 aliphatic rings. The van der Waals surface area contributed by atoms with E-state index in [1.807, 2.05) is 0 Å². The van der Waals surface area contributed by atoms with Crippen LogP contribution in [0.1, 0.15) is 95.9 Å². The van der Waals surface area contributed by atoms with Crippen LogP contribution in [0.3, 0.4) is 0 Å². The number of allylic oxidation sites excluding steroid dienone is 1. The molecule has 0 saturated heterocycles. The molecule has 0 aliphatic carbocycles. The van der Waals surface area contributed by atoms with Crippen molar-refractivity contribution in [3.8, 4) is 0 Å². The molecule has 0 heteroatoms. The summed E-state index contributed by atoms with van der Waals surface area (Å²) in [7, 11) is 0. The second-order valence-electron chi connectivity index (χ2n) is 12.3. The molecule has 3 aromatic carbocycles. The molecule has 1 unspecified atom stereocenters. The van der Waals surface area contributed by atoms with E-state index in [2.05, 4.69) is 116 Å². The van der Waals surface area contributed by atoms with Crippen LogP contribution in [-0.2, 0) is 18.3 Å². The van der Waals surface area contributed by atoms with E-state index in [1.54, 1.807) is 0 Å². The first kappa shape index (κ1) is 25.3. The third-order valence-corrected chi connectivity index (χ3v) is 6.67. The molecule has 3 rings (SSSR count). The Balaban J connectivity index is 1.59. The van der Waals surface area contributed by atoms with Crippen molar-refractivity contribution in [2.24, 2.45) is 5.41 Å². The van der Waals surface area contributed by atoms with Gasteiger partial charge in [0.25, 0.3) is 0 Å². The minimum Gasteiger partial charge on any atom is -0.0995 e. The van der Waals surface area contributed by atoms with Crippen molar-refractivity contribution in [3.63, 3.8) is 0 Å². The van der Waals surface area contributed by atoms with Crippen LogP contribution in [0.15, 0.2) is 72.8 Å². The smallest absolute Gasteiger partial charge is 0.00698 e. The van der Waals surface area contributed by atoms with Crippen molar-refractivity contribution >= 4 is 10.8 Å². The van der Waals surface area contributed by atoms with Crippen LogP contribution >= 0.6 is 0 Å². The number of fused-ring (bicyclic) bond motifs is 1. The standard InChI is InChI=1S/C33H44/c1-24(20-26-16-18-27(19-17-26)23-32(3,4)5)12-11-13-25(2)31-22-29(33(6,7)8)21-28-14-9-10-15-30(28)31/h9-10,14-19,21-22,25H,1,11-13,20,23H2,2-8H3. The maximum atomic E-state index is 4.40. The molecular formula is C33H44. The van der Waals surface area contributed by atoms with Crippen LogP contribution in [0.2, 0.25) is 0 Å². The summed E-state index contributed by atoms with van der Waals surface area (Å²) in [5, 5.41) is 2.78. The molecule has 0 radical (unpaired) electrons. The third kappa shape index (κ3) is 7.32.